The molecule has 0 saturated heterocycles. The molecule has 2 aliphatic heterocycles. The molecule has 7 nitrogen and oxygen atoms in total. The highest BCUT2D eigenvalue weighted by Gasteiger charge is 2.22. The van der Waals surface area contributed by atoms with E-state index in [0.717, 1.165) is 80.1 Å². The molecule has 2 heterocycles. The highest BCUT2D eigenvalue weighted by molar-refractivity contribution is 5.95. The molecule has 0 unspecified atom stereocenters. The van der Waals surface area contributed by atoms with Crippen LogP contribution in [0.4, 0.5) is 5.69 Å². The number of nitrogens with two attached hydrogens (primary N) is 2. The smallest absolute Gasteiger partial charge is 0.241 e. The molecule has 0 radical (unpaired) electrons. The maximum atomic E-state index is 11.8. The minimum atomic E-state index is -0.0516. The summed E-state index contributed by atoms with van der Waals surface area (Å²) in [4.78, 5) is 18.5. The van der Waals surface area contributed by atoms with Crippen LogP contribution in [0.25, 0.3) is 0 Å². The van der Waals surface area contributed by atoms with Crippen LogP contribution in [0.5, 0.6) is 5.75 Å². The van der Waals surface area contributed by atoms with E-state index < -0.39 is 0 Å². The predicted octanol–water partition coefficient (Wildman–Crippen LogP) is 2.01. The Hall–Kier alpha value is -2.38. The second kappa shape index (κ2) is 9.71. The Kier molecular flexibility index (Phi) is 7.06. The van der Waals surface area contributed by atoms with Crippen LogP contribution in [-0.2, 0) is 11.2 Å². The third-order valence-electron chi connectivity index (χ3n) is 5.26. The molecule has 0 aliphatic carbocycles. The number of unbranched alkanes of at least 4 members (excludes halogenated alkanes) is 1. The first-order valence-corrected chi connectivity index (χ1v) is 10.1. The highest BCUT2D eigenvalue weighted by Crippen LogP contribution is 2.29. The first kappa shape index (κ1) is 20.4. The quantitative estimate of drug-likeness (QED) is 0.309. The van der Waals surface area contributed by atoms with Gasteiger partial charge in [0.05, 0.1) is 12.3 Å². The van der Waals surface area contributed by atoms with Crippen LogP contribution in [-0.4, -0.2) is 49.8 Å². The van der Waals surface area contributed by atoms with Gasteiger partial charge in [0.15, 0.2) is 0 Å². The van der Waals surface area contributed by atoms with Crippen LogP contribution in [0, 0.1) is 0 Å². The van der Waals surface area contributed by atoms with Crippen molar-refractivity contribution in [3.8, 4) is 5.75 Å². The Bertz CT molecular complexity index is 759. The second-order valence-corrected chi connectivity index (χ2v) is 7.31. The van der Waals surface area contributed by atoms with E-state index >= 15 is 0 Å². The standard InChI is InChI=1S/C21H31N5O2/c1-2-24-14-17-15-25(11-9-19(17)22)10-3-4-12-28-18-7-5-16-6-8-21(27)26(23)20(16)13-18/h5,7,13-14H,2-4,6,8-12,15,22-23H2,1H3. The lowest BCUT2D eigenvalue weighted by Crippen LogP contribution is -2.40. The number of rotatable bonds is 8. The zero-order valence-electron chi connectivity index (χ0n) is 16.7. The average Bonchev–Trinajstić information content (AvgIpc) is 2.71. The molecular formula is C21H31N5O2. The van der Waals surface area contributed by atoms with Crippen molar-refractivity contribution in [2.75, 3.05) is 37.8 Å². The number of carbonyl (C=O) groups excluding carboxylic acids is 1. The van der Waals surface area contributed by atoms with Gasteiger partial charge >= 0.3 is 0 Å². The highest BCUT2D eigenvalue weighted by atomic mass is 16.5. The summed E-state index contributed by atoms with van der Waals surface area (Å²) in [6, 6.07) is 5.82. The van der Waals surface area contributed by atoms with Crippen molar-refractivity contribution < 1.29 is 9.53 Å². The van der Waals surface area contributed by atoms with Gasteiger partial charge in [0.25, 0.3) is 0 Å². The topological polar surface area (TPSA) is 97.2 Å². The van der Waals surface area contributed by atoms with E-state index in [1.54, 1.807) is 0 Å². The molecule has 0 aromatic heterocycles. The summed E-state index contributed by atoms with van der Waals surface area (Å²) < 4.78 is 5.87. The molecule has 28 heavy (non-hydrogen) atoms. The van der Waals surface area contributed by atoms with Crippen molar-refractivity contribution in [3.05, 3.63) is 35.0 Å². The first-order valence-electron chi connectivity index (χ1n) is 10.1. The van der Waals surface area contributed by atoms with Crippen molar-refractivity contribution in [3.63, 3.8) is 0 Å². The molecule has 1 amide bonds. The number of fused-ring (bicyclic) bond motifs is 1. The molecule has 0 spiro atoms. The lowest BCUT2D eigenvalue weighted by atomic mass is 10.0. The normalized spacial score (nSPS) is 18.1. The van der Waals surface area contributed by atoms with Gasteiger partial charge in [0.1, 0.15) is 5.75 Å². The van der Waals surface area contributed by atoms with E-state index in [1.807, 2.05) is 31.3 Å². The van der Waals surface area contributed by atoms with Gasteiger partial charge in [0, 0.05) is 56.0 Å². The van der Waals surface area contributed by atoms with Crippen LogP contribution in [0.2, 0.25) is 0 Å². The maximum Gasteiger partial charge on any atom is 0.241 e. The molecule has 1 aromatic carbocycles. The largest absolute Gasteiger partial charge is 0.494 e. The van der Waals surface area contributed by atoms with E-state index in [1.165, 1.54) is 5.01 Å². The maximum absolute atomic E-state index is 11.8. The van der Waals surface area contributed by atoms with Crippen molar-refractivity contribution in [2.24, 2.45) is 16.6 Å². The Morgan fingerprint density at radius 2 is 2.11 bits per heavy atom. The Morgan fingerprint density at radius 1 is 1.25 bits per heavy atom. The molecular weight excluding hydrogens is 354 g/mol. The summed E-state index contributed by atoms with van der Waals surface area (Å²) in [6.07, 6.45) is 6.06. The van der Waals surface area contributed by atoms with Gasteiger partial charge in [-0.25, -0.2) is 10.9 Å². The second-order valence-electron chi connectivity index (χ2n) is 7.31. The number of carbonyl (C=O) groups is 1. The molecule has 1 aromatic rings. The zero-order chi connectivity index (χ0) is 19.9. The molecule has 0 bridgehead atoms. The van der Waals surface area contributed by atoms with Gasteiger partial charge in [-0.05, 0) is 44.4 Å². The van der Waals surface area contributed by atoms with Crippen LogP contribution in [0.3, 0.4) is 0 Å². The molecule has 0 fully saturated rings. The molecule has 3 rings (SSSR count). The Labute approximate surface area is 167 Å². The molecule has 2 aliphatic rings. The summed E-state index contributed by atoms with van der Waals surface area (Å²) in [6.45, 7) is 6.36. The minimum Gasteiger partial charge on any atom is -0.494 e. The number of nitrogens with zero attached hydrogens (tertiary/aromatic N) is 3. The van der Waals surface area contributed by atoms with Gasteiger partial charge < -0.3 is 10.5 Å². The number of ether oxygens (including phenoxy) is 1. The number of aliphatic imine (C=N–C) groups is 1. The van der Waals surface area contributed by atoms with E-state index in [0.29, 0.717) is 13.0 Å². The number of anilines is 1. The van der Waals surface area contributed by atoms with Crippen LogP contribution >= 0.6 is 0 Å². The Morgan fingerprint density at radius 3 is 2.93 bits per heavy atom. The van der Waals surface area contributed by atoms with Gasteiger partial charge in [0.2, 0.25) is 5.91 Å². The minimum absolute atomic E-state index is 0.0516. The van der Waals surface area contributed by atoms with E-state index in [4.69, 9.17) is 16.3 Å². The Balaban J connectivity index is 1.41. The fourth-order valence-corrected chi connectivity index (χ4v) is 3.57. The first-order chi connectivity index (χ1) is 13.6. The number of hydrazine groups is 1. The summed E-state index contributed by atoms with van der Waals surface area (Å²) in [7, 11) is 0. The van der Waals surface area contributed by atoms with Crippen molar-refractivity contribution in [1.29, 1.82) is 0 Å². The van der Waals surface area contributed by atoms with E-state index in [-0.39, 0.29) is 5.91 Å². The third kappa shape index (κ3) is 5.11. The summed E-state index contributed by atoms with van der Waals surface area (Å²) in [5.74, 6) is 6.58. The summed E-state index contributed by atoms with van der Waals surface area (Å²) in [5.41, 5.74) is 10.1. The molecule has 152 valence electrons. The van der Waals surface area contributed by atoms with Gasteiger partial charge in [-0.3, -0.25) is 14.7 Å². The number of hydrogen-bond donors (Lipinski definition) is 2. The van der Waals surface area contributed by atoms with Gasteiger partial charge in [-0.1, -0.05) is 6.07 Å². The molecule has 0 atom stereocenters. The predicted molar refractivity (Wildman–Crippen MR) is 112 cm³/mol. The van der Waals surface area contributed by atoms with Crippen molar-refractivity contribution in [1.82, 2.24) is 4.90 Å². The lowest BCUT2D eigenvalue weighted by Gasteiger charge is -2.28. The fourth-order valence-electron chi connectivity index (χ4n) is 3.57. The van der Waals surface area contributed by atoms with Crippen LogP contribution in [0.1, 0.15) is 38.2 Å². The molecule has 4 N–H and O–H groups in total. The average molecular weight is 386 g/mol. The fraction of sp³-hybridized carbons (Fsp3) is 0.524. The van der Waals surface area contributed by atoms with Gasteiger partial charge in [-0.15, -0.1) is 0 Å². The lowest BCUT2D eigenvalue weighted by molar-refractivity contribution is -0.119. The number of benzene rings is 1. The van der Waals surface area contributed by atoms with Crippen molar-refractivity contribution >= 4 is 17.8 Å². The monoisotopic (exact) mass is 385 g/mol. The number of aryl methyl sites for hydroxylation is 1. The molecule has 7 heteroatoms. The third-order valence-corrected chi connectivity index (χ3v) is 5.26. The van der Waals surface area contributed by atoms with E-state index in [2.05, 4.69) is 9.89 Å². The summed E-state index contributed by atoms with van der Waals surface area (Å²) >= 11 is 0. The number of amides is 1. The van der Waals surface area contributed by atoms with Crippen LogP contribution in [0.15, 0.2) is 34.5 Å². The van der Waals surface area contributed by atoms with Crippen LogP contribution < -0.4 is 21.3 Å². The summed E-state index contributed by atoms with van der Waals surface area (Å²) in [5, 5.41) is 1.24. The van der Waals surface area contributed by atoms with Gasteiger partial charge in [-0.2, -0.15) is 0 Å². The SMILES string of the molecule is CCN=CC1=C(N)CCN(CCCCOc2ccc3c(c2)N(N)C(=O)CC3)C1. The molecule has 0 saturated carbocycles. The zero-order valence-corrected chi connectivity index (χ0v) is 16.7. The number of hydrogen-bond acceptors (Lipinski definition) is 6. The van der Waals surface area contributed by atoms with E-state index in [9.17, 15) is 4.79 Å². The van der Waals surface area contributed by atoms with Crippen molar-refractivity contribution in [2.45, 2.75) is 39.0 Å².